The highest BCUT2D eigenvalue weighted by molar-refractivity contribution is 7.17. The molecule has 0 aliphatic rings. The number of hydrogen-bond donors (Lipinski definition) is 2. The summed E-state index contributed by atoms with van der Waals surface area (Å²) in [7, 11) is 1.67. The van der Waals surface area contributed by atoms with Gasteiger partial charge >= 0.3 is 6.03 Å². The number of rotatable bonds is 6. The Morgan fingerprint density at radius 1 is 1.28 bits per heavy atom. The second kappa shape index (κ2) is 8.27. The molecule has 1 aromatic carbocycles. The quantitative estimate of drug-likeness (QED) is 0.512. The van der Waals surface area contributed by atoms with E-state index in [9.17, 15) is 9.59 Å². The van der Waals surface area contributed by atoms with Crippen LogP contribution in [-0.2, 0) is 13.0 Å². The van der Waals surface area contributed by atoms with Crippen molar-refractivity contribution in [2.45, 2.75) is 13.0 Å². The van der Waals surface area contributed by atoms with E-state index in [1.165, 1.54) is 16.2 Å². The van der Waals surface area contributed by atoms with Crippen molar-refractivity contribution in [3.8, 4) is 5.69 Å². The van der Waals surface area contributed by atoms with Crippen LogP contribution in [0, 0.1) is 0 Å². The second-order valence-electron chi connectivity index (χ2n) is 6.61. The molecule has 2 amide bonds. The molecule has 0 saturated carbocycles. The summed E-state index contributed by atoms with van der Waals surface area (Å²) in [5, 5.41) is 9.06. The zero-order valence-electron chi connectivity index (χ0n) is 15.8. The normalized spacial score (nSPS) is 10.9. The highest BCUT2D eigenvalue weighted by Gasteiger charge is 2.12. The summed E-state index contributed by atoms with van der Waals surface area (Å²) in [5.41, 5.74) is 2.50. The molecule has 2 N–H and O–H groups in total. The number of benzene rings is 1. The van der Waals surface area contributed by atoms with Crippen LogP contribution in [-0.4, -0.2) is 44.3 Å². The Morgan fingerprint density at radius 2 is 2.10 bits per heavy atom. The molecule has 0 bridgehead atoms. The molecule has 0 unspecified atom stereocenters. The number of carbonyl (C=O) groups excluding carboxylic acids is 1. The average Bonchev–Trinajstić information content (AvgIpc) is 3.38. The molecule has 0 spiro atoms. The number of amides is 2. The van der Waals surface area contributed by atoms with E-state index in [0.29, 0.717) is 29.0 Å². The highest BCUT2D eigenvalue weighted by Crippen LogP contribution is 2.14. The summed E-state index contributed by atoms with van der Waals surface area (Å²) >= 11 is 1.35. The molecule has 0 fully saturated rings. The van der Waals surface area contributed by atoms with Crippen LogP contribution in [0.2, 0.25) is 0 Å². The average molecular weight is 408 g/mol. The van der Waals surface area contributed by atoms with Crippen LogP contribution in [0.5, 0.6) is 0 Å². The topological polar surface area (TPSA) is 95.9 Å². The molecule has 8 nitrogen and oxygen atoms in total. The molecule has 4 aromatic rings. The number of para-hydroxylation sites is 1. The predicted octanol–water partition coefficient (Wildman–Crippen LogP) is 2.55. The lowest BCUT2D eigenvalue weighted by molar-refractivity contribution is 0.206. The van der Waals surface area contributed by atoms with Gasteiger partial charge in [-0.05, 0) is 35.6 Å². The fourth-order valence-electron chi connectivity index (χ4n) is 2.95. The molecular formula is C20H20N6O2S. The van der Waals surface area contributed by atoms with E-state index >= 15 is 0 Å². The van der Waals surface area contributed by atoms with Crippen molar-refractivity contribution in [1.29, 1.82) is 0 Å². The van der Waals surface area contributed by atoms with E-state index in [2.05, 4.69) is 20.4 Å². The minimum absolute atomic E-state index is 0.177. The molecule has 9 heteroatoms. The number of aromatic nitrogens is 4. The van der Waals surface area contributed by atoms with Gasteiger partial charge in [-0.15, -0.1) is 11.3 Å². The number of H-pyrrole nitrogens is 1. The van der Waals surface area contributed by atoms with Gasteiger partial charge in [-0.25, -0.2) is 14.5 Å². The summed E-state index contributed by atoms with van der Waals surface area (Å²) in [4.78, 5) is 33.0. The lowest BCUT2D eigenvalue weighted by Gasteiger charge is -2.17. The lowest BCUT2D eigenvalue weighted by Crippen LogP contribution is -2.38. The first kappa shape index (κ1) is 18.9. The van der Waals surface area contributed by atoms with Gasteiger partial charge in [-0.2, -0.15) is 5.10 Å². The maximum absolute atomic E-state index is 12.3. The molecule has 0 radical (unpaired) electrons. The molecule has 3 heterocycles. The van der Waals surface area contributed by atoms with E-state index in [4.69, 9.17) is 0 Å². The number of aromatic amines is 1. The first-order chi connectivity index (χ1) is 14.1. The largest absolute Gasteiger partial charge is 0.338 e. The number of thiophene rings is 1. The van der Waals surface area contributed by atoms with Gasteiger partial charge in [-0.3, -0.25) is 4.79 Å². The van der Waals surface area contributed by atoms with Gasteiger partial charge in [0.25, 0.3) is 5.56 Å². The van der Waals surface area contributed by atoms with Crippen LogP contribution in [0.15, 0.2) is 59.0 Å². The number of hydrogen-bond acceptors (Lipinski definition) is 5. The summed E-state index contributed by atoms with van der Waals surface area (Å²) in [6.45, 7) is 0.704. The standard InChI is InChI=1S/C20H20N6O2S/c1-25(13-17-23-16-8-10-29-18(16)19(27)24-17)20(28)21-9-7-14-11-22-26(12-14)15-5-3-2-4-6-15/h2-6,8,10-12H,7,9,13H2,1H3,(H,21,28)(H,23,24,27). The van der Waals surface area contributed by atoms with Crippen molar-refractivity contribution < 1.29 is 4.79 Å². The van der Waals surface area contributed by atoms with Crippen LogP contribution in [0.4, 0.5) is 4.79 Å². The Morgan fingerprint density at radius 3 is 2.93 bits per heavy atom. The van der Waals surface area contributed by atoms with Crippen molar-refractivity contribution in [2.24, 2.45) is 0 Å². The molecule has 0 saturated heterocycles. The smallest absolute Gasteiger partial charge is 0.317 e. The van der Waals surface area contributed by atoms with E-state index in [-0.39, 0.29) is 18.1 Å². The molecule has 3 aromatic heterocycles. The number of fused-ring (bicyclic) bond motifs is 1. The number of urea groups is 1. The Balaban J connectivity index is 1.30. The van der Waals surface area contributed by atoms with Gasteiger partial charge in [0.05, 0.1) is 23.9 Å². The third-order valence-electron chi connectivity index (χ3n) is 4.44. The summed E-state index contributed by atoms with van der Waals surface area (Å²) in [6, 6.07) is 11.4. The fraction of sp³-hybridized carbons (Fsp3) is 0.200. The van der Waals surface area contributed by atoms with E-state index in [1.807, 2.05) is 46.6 Å². The van der Waals surface area contributed by atoms with E-state index in [1.54, 1.807) is 19.3 Å². The third-order valence-corrected chi connectivity index (χ3v) is 5.35. The third kappa shape index (κ3) is 4.35. The van der Waals surface area contributed by atoms with Crippen molar-refractivity contribution in [3.05, 3.63) is 75.9 Å². The summed E-state index contributed by atoms with van der Waals surface area (Å²) in [5.74, 6) is 0.461. The summed E-state index contributed by atoms with van der Waals surface area (Å²) < 4.78 is 2.41. The van der Waals surface area contributed by atoms with Crippen LogP contribution >= 0.6 is 11.3 Å². The Hall–Kier alpha value is -3.46. The van der Waals surface area contributed by atoms with Crippen molar-refractivity contribution in [3.63, 3.8) is 0 Å². The van der Waals surface area contributed by atoms with Gasteiger partial charge in [0.2, 0.25) is 0 Å². The molecule has 0 atom stereocenters. The molecule has 148 valence electrons. The van der Waals surface area contributed by atoms with Gasteiger partial charge in [-0.1, -0.05) is 18.2 Å². The Labute approximate surface area is 170 Å². The van der Waals surface area contributed by atoms with E-state index < -0.39 is 0 Å². The summed E-state index contributed by atoms with van der Waals surface area (Å²) in [6.07, 6.45) is 4.42. The van der Waals surface area contributed by atoms with Crippen LogP contribution in [0.1, 0.15) is 11.4 Å². The number of carbonyl (C=O) groups is 1. The fourth-order valence-corrected chi connectivity index (χ4v) is 3.68. The zero-order valence-corrected chi connectivity index (χ0v) is 16.6. The molecular weight excluding hydrogens is 388 g/mol. The zero-order chi connectivity index (χ0) is 20.2. The lowest BCUT2D eigenvalue weighted by atomic mass is 10.2. The van der Waals surface area contributed by atoms with Gasteiger partial charge < -0.3 is 15.2 Å². The minimum Gasteiger partial charge on any atom is -0.338 e. The monoisotopic (exact) mass is 408 g/mol. The SMILES string of the molecule is CN(Cc1nc2ccsc2c(=O)[nH]1)C(=O)NCCc1cnn(-c2ccccc2)c1. The van der Waals surface area contributed by atoms with Gasteiger partial charge in [0, 0.05) is 19.8 Å². The van der Waals surface area contributed by atoms with Crippen molar-refractivity contribution >= 4 is 27.6 Å². The Kier molecular flexibility index (Phi) is 5.39. The molecule has 0 aliphatic carbocycles. The van der Waals surface area contributed by atoms with Crippen molar-refractivity contribution in [1.82, 2.24) is 30.0 Å². The first-order valence-corrected chi connectivity index (χ1v) is 10.0. The number of nitrogens with zero attached hydrogens (tertiary/aromatic N) is 4. The van der Waals surface area contributed by atoms with Crippen LogP contribution < -0.4 is 10.9 Å². The molecule has 4 rings (SSSR count). The van der Waals surface area contributed by atoms with Gasteiger partial charge in [0.1, 0.15) is 10.5 Å². The predicted molar refractivity (Wildman–Crippen MR) is 112 cm³/mol. The second-order valence-corrected chi connectivity index (χ2v) is 7.53. The van der Waals surface area contributed by atoms with Crippen LogP contribution in [0.3, 0.4) is 0 Å². The number of nitrogens with one attached hydrogen (secondary N) is 2. The minimum atomic E-state index is -0.228. The maximum atomic E-state index is 12.3. The first-order valence-electron chi connectivity index (χ1n) is 9.14. The highest BCUT2D eigenvalue weighted by atomic mass is 32.1. The molecule has 29 heavy (non-hydrogen) atoms. The Bertz CT molecular complexity index is 1180. The van der Waals surface area contributed by atoms with E-state index in [0.717, 1.165) is 11.3 Å². The maximum Gasteiger partial charge on any atom is 0.317 e. The van der Waals surface area contributed by atoms with Crippen molar-refractivity contribution in [2.75, 3.05) is 13.6 Å². The molecule has 0 aliphatic heterocycles. The van der Waals surface area contributed by atoms with Crippen LogP contribution in [0.25, 0.3) is 15.9 Å². The van der Waals surface area contributed by atoms with Gasteiger partial charge in [0.15, 0.2) is 0 Å².